The molecular weight excluding hydrogens is 454 g/mol. The first kappa shape index (κ1) is 23.1. The standard InChI is InChI=1S/C24H23N5O4S/c30-22(31)15-21(20-6-1-2-11-25-20)34(33)19-5-3-4-18(14-19)28-23(32)16-7-9-17(10-8-16)29-24-26-12-13-27-24/h1-11,14,21H,12-13,15H2,(H,28,32)(H,30,31)(H2,26,27,29). The number of nitrogens with one attached hydrogen (secondary N) is 3. The molecule has 1 amide bonds. The molecule has 2 aromatic carbocycles. The summed E-state index contributed by atoms with van der Waals surface area (Å²) in [6.07, 6.45) is 1.21. The maximum absolute atomic E-state index is 13.2. The van der Waals surface area contributed by atoms with Gasteiger partial charge in [-0.3, -0.25) is 23.8 Å². The number of nitrogens with zero attached hydrogens (tertiary/aromatic N) is 2. The lowest BCUT2D eigenvalue weighted by Crippen LogP contribution is -2.26. The second kappa shape index (κ2) is 10.7. The minimum atomic E-state index is -1.69. The van der Waals surface area contributed by atoms with Crippen LogP contribution in [0.15, 0.2) is 82.8 Å². The van der Waals surface area contributed by atoms with Gasteiger partial charge in [0.1, 0.15) is 0 Å². The monoisotopic (exact) mass is 477 g/mol. The van der Waals surface area contributed by atoms with Crippen molar-refractivity contribution in [1.29, 1.82) is 0 Å². The second-order valence-corrected chi connectivity index (χ2v) is 9.12. The van der Waals surface area contributed by atoms with E-state index in [4.69, 9.17) is 0 Å². The Morgan fingerprint density at radius 1 is 1.06 bits per heavy atom. The summed E-state index contributed by atoms with van der Waals surface area (Å²) in [7, 11) is -1.69. The average molecular weight is 478 g/mol. The number of anilines is 2. The van der Waals surface area contributed by atoms with Crippen LogP contribution in [0.4, 0.5) is 11.4 Å². The fourth-order valence-electron chi connectivity index (χ4n) is 3.40. The van der Waals surface area contributed by atoms with Crippen LogP contribution in [-0.4, -0.2) is 45.2 Å². The number of aliphatic imine (C=N–C) groups is 1. The van der Waals surface area contributed by atoms with Gasteiger partial charge in [0.15, 0.2) is 5.96 Å². The Balaban J connectivity index is 1.46. The van der Waals surface area contributed by atoms with Gasteiger partial charge in [-0.1, -0.05) is 12.1 Å². The summed E-state index contributed by atoms with van der Waals surface area (Å²) in [4.78, 5) is 33.0. The van der Waals surface area contributed by atoms with E-state index in [-0.39, 0.29) is 12.3 Å². The van der Waals surface area contributed by atoms with Gasteiger partial charge in [0, 0.05) is 34.6 Å². The predicted octanol–water partition coefficient (Wildman–Crippen LogP) is 3.03. The lowest BCUT2D eigenvalue weighted by molar-refractivity contribution is -0.137. The second-order valence-electron chi connectivity index (χ2n) is 7.48. The quantitative estimate of drug-likeness (QED) is 0.392. The molecule has 2 heterocycles. The molecule has 0 radical (unpaired) electrons. The van der Waals surface area contributed by atoms with Crippen LogP contribution in [0.5, 0.6) is 0 Å². The topological polar surface area (TPSA) is 133 Å². The number of amides is 1. The molecule has 2 atom stereocenters. The molecule has 4 rings (SSSR count). The van der Waals surface area contributed by atoms with Crippen LogP contribution in [0.25, 0.3) is 0 Å². The van der Waals surface area contributed by atoms with Crippen LogP contribution >= 0.6 is 0 Å². The first-order chi connectivity index (χ1) is 16.5. The van der Waals surface area contributed by atoms with E-state index < -0.39 is 22.0 Å². The van der Waals surface area contributed by atoms with E-state index >= 15 is 0 Å². The fourth-order valence-corrected chi connectivity index (χ4v) is 4.84. The van der Waals surface area contributed by atoms with Crippen molar-refractivity contribution in [2.24, 2.45) is 4.99 Å². The Morgan fingerprint density at radius 2 is 1.88 bits per heavy atom. The molecular formula is C24H23N5O4S. The molecule has 0 spiro atoms. The zero-order chi connectivity index (χ0) is 23.9. The summed E-state index contributed by atoms with van der Waals surface area (Å²) in [5.41, 5.74) is 2.15. The summed E-state index contributed by atoms with van der Waals surface area (Å²) < 4.78 is 13.2. The lowest BCUT2D eigenvalue weighted by Gasteiger charge is -2.15. The van der Waals surface area contributed by atoms with E-state index in [0.29, 0.717) is 27.8 Å². The molecule has 174 valence electrons. The van der Waals surface area contributed by atoms with Crippen LogP contribution in [0.2, 0.25) is 0 Å². The van der Waals surface area contributed by atoms with Crippen molar-refractivity contribution in [2.45, 2.75) is 16.6 Å². The van der Waals surface area contributed by atoms with E-state index in [0.717, 1.165) is 18.8 Å². The normalized spacial score (nSPS) is 14.4. The fraction of sp³-hybridized carbons (Fsp3) is 0.167. The molecule has 10 heteroatoms. The Bertz CT molecular complexity index is 1230. The van der Waals surface area contributed by atoms with E-state index in [1.54, 1.807) is 66.7 Å². The van der Waals surface area contributed by atoms with Crippen molar-refractivity contribution >= 4 is 40.0 Å². The van der Waals surface area contributed by atoms with Crippen LogP contribution < -0.4 is 16.0 Å². The Morgan fingerprint density at radius 3 is 2.56 bits per heavy atom. The third kappa shape index (κ3) is 5.84. The molecule has 9 nitrogen and oxygen atoms in total. The molecule has 0 fully saturated rings. The van der Waals surface area contributed by atoms with Crippen molar-refractivity contribution < 1.29 is 18.9 Å². The van der Waals surface area contributed by atoms with Gasteiger partial charge < -0.3 is 21.1 Å². The molecule has 0 saturated heterocycles. The number of aromatic nitrogens is 1. The predicted molar refractivity (Wildman–Crippen MR) is 130 cm³/mol. The molecule has 1 aliphatic heterocycles. The number of pyridine rings is 1. The van der Waals surface area contributed by atoms with Crippen molar-refractivity contribution in [2.75, 3.05) is 23.7 Å². The zero-order valence-corrected chi connectivity index (χ0v) is 18.9. The number of carboxylic acid groups (broad SMARTS) is 1. The van der Waals surface area contributed by atoms with Gasteiger partial charge in [-0.05, 0) is 54.6 Å². The van der Waals surface area contributed by atoms with Gasteiger partial charge >= 0.3 is 5.97 Å². The number of benzene rings is 2. The smallest absolute Gasteiger partial charge is 0.304 e. The number of hydrogen-bond acceptors (Lipinski definition) is 7. The van der Waals surface area contributed by atoms with Crippen LogP contribution in [0, 0.1) is 0 Å². The van der Waals surface area contributed by atoms with E-state index in [1.165, 1.54) is 6.20 Å². The number of carbonyl (C=O) groups excluding carboxylic acids is 1. The third-order valence-electron chi connectivity index (χ3n) is 5.04. The maximum Gasteiger partial charge on any atom is 0.304 e. The number of aliphatic carboxylic acids is 1. The van der Waals surface area contributed by atoms with Crippen LogP contribution in [0.1, 0.15) is 27.7 Å². The molecule has 2 unspecified atom stereocenters. The molecule has 0 aliphatic carbocycles. The number of carboxylic acids is 1. The maximum atomic E-state index is 13.2. The largest absolute Gasteiger partial charge is 0.481 e. The van der Waals surface area contributed by atoms with Crippen molar-refractivity contribution in [3.8, 4) is 0 Å². The first-order valence-corrected chi connectivity index (χ1v) is 11.8. The van der Waals surface area contributed by atoms with Gasteiger partial charge in [0.05, 0.1) is 34.7 Å². The molecule has 0 bridgehead atoms. The highest BCUT2D eigenvalue weighted by molar-refractivity contribution is 7.85. The highest BCUT2D eigenvalue weighted by Gasteiger charge is 2.25. The minimum Gasteiger partial charge on any atom is -0.481 e. The number of guanidine groups is 1. The molecule has 1 aliphatic rings. The van der Waals surface area contributed by atoms with Gasteiger partial charge in [-0.2, -0.15) is 0 Å². The SMILES string of the molecule is O=C(O)CC(c1ccccn1)S(=O)c1cccc(NC(=O)c2ccc(NC3=NCCN3)cc2)c1. The molecule has 1 aromatic heterocycles. The van der Waals surface area contributed by atoms with Gasteiger partial charge in [-0.25, -0.2) is 0 Å². The Labute approximate surface area is 198 Å². The molecule has 0 saturated carbocycles. The van der Waals surface area contributed by atoms with Gasteiger partial charge in [-0.15, -0.1) is 0 Å². The zero-order valence-electron chi connectivity index (χ0n) is 18.1. The molecule has 4 N–H and O–H groups in total. The van der Waals surface area contributed by atoms with E-state index in [9.17, 15) is 18.9 Å². The Hall–Kier alpha value is -4.05. The average Bonchev–Trinajstić information content (AvgIpc) is 3.36. The van der Waals surface area contributed by atoms with Crippen LogP contribution in [-0.2, 0) is 15.6 Å². The summed E-state index contributed by atoms with van der Waals surface area (Å²) in [5.74, 6) is -0.686. The highest BCUT2D eigenvalue weighted by Crippen LogP contribution is 2.28. The van der Waals surface area contributed by atoms with Crippen molar-refractivity contribution in [3.63, 3.8) is 0 Å². The van der Waals surface area contributed by atoms with Crippen LogP contribution in [0.3, 0.4) is 0 Å². The summed E-state index contributed by atoms with van der Waals surface area (Å²) >= 11 is 0. The van der Waals surface area contributed by atoms with E-state index in [2.05, 4.69) is 25.9 Å². The van der Waals surface area contributed by atoms with Gasteiger partial charge in [0.2, 0.25) is 0 Å². The third-order valence-corrected chi connectivity index (χ3v) is 6.69. The molecule has 34 heavy (non-hydrogen) atoms. The summed E-state index contributed by atoms with van der Waals surface area (Å²) in [6, 6.07) is 18.6. The number of rotatable bonds is 8. The van der Waals surface area contributed by atoms with Gasteiger partial charge in [0.25, 0.3) is 5.91 Å². The van der Waals surface area contributed by atoms with Crippen molar-refractivity contribution in [1.82, 2.24) is 10.3 Å². The van der Waals surface area contributed by atoms with E-state index in [1.807, 2.05) is 0 Å². The number of hydrogen-bond donors (Lipinski definition) is 4. The summed E-state index contributed by atoms with van der Waals surface area (Å²) in [5, 5.41) is 17.6. The number of carbonyl (C=O) groups is 2. The summed E-state index contributed by atoms with van der Waals surface area (Å²) in [6.45, 7) is 1.52. The first-order valence-electron chi connectivity index (χ1n) is 10.6. The van der Waals surface area contributed by atoms with Crippen molar-refractivity contribution in [3.05, 3.63) is 84.2 Å². The minimum absolute atomic E-state index is 0.322. The molecule has 3 aromatic rings. The lowest BCUT2D eigenvalue weighted by atomic mass is 10.2. The highest BCUT2D eigenvalue weighted by atomic mass is 32.2. The Kier molecular flexibility index (Phi) is 7.28.